The van der Waals surface area contributed by atoms with Crippen molar-refractivity contribution in [1.29, 1.82) is 0 Å². The van der Waals surface area contributed by atoms with Crippen LogP contribution in [-0.2, 0) is 10.8 Å². The van der Waals surface area contributed by atoms with Crippen molar-refractivity contribution in [3.05, 3.63) is 68.6 Å². The second kappa shape index (κ2) is 8.41. The minimum atomic E-state index is 0. The van der Waals surface area contributed by atoms with Crippen molar-refractivity contribution in [3.8, 4) is 16.8 Å². The zero-order chi connectivity index (χ0) is 20.9. The number of nitrogens with zero attached hydrogens (tertiary/aromatic N) is 1. The van der Waals surface area contributed by atoms with Gasteiger partial charge in [0.05, 0.1) is 10.4 Å². The van der Waals surface area contributed by atoms with Crippen LogP contribution in [0.3, 0.4) is 0 Å². The number of hydrogen-bond donors (Lipinski definition) is 0. The zero-order valence-electron chi connectivity index (χ0n) is 18.7. The molecule has 3 rings (SSSR count). The lowest BCUT2D eigenvalue weighted by molar-refractivity contribution is -0.596. The van der Waals surface area contributed by atoms with Crippen LogP contribution < -0.4 is 17.0 Å². The Morgan fingerprint density at radius 1 is 0.862 bits per heavy atom. The van der Waals surface area contributed by atoms with E-state index in [2.05, 4.69) is 95.8 Å². The monoisotopic (exact) mass is 447 g/mol. The van der Waals surface area contributed by atoms with Gasteiger partial charge in [-0.05, 0) is 46.6 Å². The van der Waals surface area contributed by atoms with E-state index in [-0.39, 0.29) is 23.2 Å². The molecule has 4 heteroatoms. The molecule has 0 fully saturated rings. The summed E-state index contributed by atoms with van der Waals surface area (Å²) in [4.78, 5) is 1.31. The minimum absolute atomic E-state index is 0. The molecule has 0 aliphatic rings. The van der Waals surface area contributed by atoms with Gasteiger partial charge in [0.1, 0.15) is 5.02 Å². The zero-order valence-corrected chi connectivity index (χ0v) is 21.0. The highest BCUT2D eigenvalue weighted by atomic mass is 35.5. The van der Waals surface area contributed by atoms with Crippen LogP contribution in [0.15, 0.2) is 41.9 Å². The molecule has 156 valence electrons. The average molecular weight is 449 g/mol. The number of rotatable bonds is 2. The minimum Gasteiger partial charge on any atom is -1.00 e. The molecule has 0 spiro atoms. The van der Waals surface area contributed by atoms with Gasteiger partial charge in [0, 0.05) is 6.92 Å². The Bertz CT molecular complexity index is 988. The maximum atomic E-state index is 6.74. The van der Waals surface area contributed by atoms with Gasteiger partial charge in [-0.25, -0.2) is 0 Å². The number of thiazole rings is 1. The van der Waals surface area contributed by atoms with Crippen molar-refractivity contribution in [2.24, 2.45) is 0 Å². The molecule has 0 radical (unpaired) electrons. The third-order valence-electron chi connectivity index (χ3n) is 5.41. The summed E-state index contributed by atoms with van der Waals surface area (Å²) in [5, 5.41) is 0.780. The number of aromatic nitrogens is 1. The normalized spacial score (nSPS) is 12.0. The number of benzene rings is 2. The number of aryl methyl sites for hydroxylation is 1. The van der Waals surface area contributed by atoms with Crippen molar-refractivity contribution in [1.82, 2.24) is 0 Å². The SMILES string of the molecule is Cc1sc[n+](-c2c(Cl)cccc2-c2cc(C(C)(C)C)cc(C(C)(C)C)c2)c1C.[Cl-]. The predicted octanol–water partition coefficient (Wildman–Crippen LogP) is 4.56. The van der Waals surface area contributed by atoms with E-state index in [0.717, 1.165) is 10.7 Å². The Hall–Kier alpha value is -1.35. The molecule has 0 saturated heterocycles. The van der Waals surface area contributed by atoms with Crippen LogP contribution in [0.2, 0.25) is 5.02 Å². The average Bonchev–Trinajstić information content (AvgIpc) is 2.92. The highest BCUT2D eigenvalue weighted by Gasteiger charge is 2.26. The van der Waals surface area contributed by atoms with E-state index in [1.807, 2.05) is 6.07 Å². The Morgan fingerprint density at radius 3 is 1.86 bits per heavy atom. The van der Waals surface area contributed by atoms with Gasteiger partial charge in [0.2, 0.25) is 11.2 Å². The molecule has 0 aliphatic heterocycles. The Balaban J connectivity index is 0.00000300. The lowest BCUT2D eigenvalue weighted by atomic mass is 9.79. The molecule has 0 atom stereocenters. The maximum absolute atomic E-state index is 6.74. The van der Waals surface area contributed by atoms with Crippen LogP contribution in [0.4, 0.5) is 0 Å². The highest BCUT2D eigenvalue weighted by molar-refractivity contribution is 7.09. The summed E-state index contributed by atoms with van der Waals surface area (Å²) in [5.74, 6) is 0. The molecule has 0 aliphatic carbocycles. The molecule has 0 unspecified atom stereocenters. The third kappa shape index (κ3) is 4.87. The largest absolute Gasteiger partial charge is 1.00 e. The van der Waals surface area contributed by atoms with Crippen LogP contribution in [0.25, 0.3) is 16.8 Å². The van der Waals surface area contributed by atoms with Crippen LogP contribution >= 0.6 is 22.9 Å². The van der Waals surface area contributed by atoms with Crippen LogP contribution in [0.5, 0.6) is 0 Å². The van der Waals surface area contributed by atoms with E-state index in [9.17, 15) is 0 Å². The first-order valence-electron chi connectivity index (χ1n) is 9.81. The smallest absolute Gasteiger partial charge is 0.238 e. The Kier molecular flexibility index (Phi) is 6.94. The molecular formula is C25H31Cl2NS. The van der Waals surface area contributed by atoms with Gasteiger partial charge >= 0.3 is 0 Å². The molecule has 2 aromatic carbocycles. The Labute approximate surface area is 191 Å². The van der Waals surface area contributed by atoms with Gasteiger partial charge in [0.25, 0.3) is 0 Å². The second-order valence-electron chi connectivity index (χ2n) is 9.67. The molecular weight excluding hydrogens is 417 g/mol. The molecule has 29 heavy (non-hydrogen) atoms. The van der Waals surface area contributed by atoms with E-state index in [1.165, 1.54) is 32.8 Å². The van der Waals surface area contributed by atoms with Gasteiger partial charge < -0.3 is 12.4 Å². The Morgan fingerprint density at radius 2 is 1.41 bits per heavy atom. The van der Waals surface area contributed by atoms with Gasteiger partial charge in [0.15, 0.2) is 5.69 Å². The van der Waals surface area contributed by atoms with Crippen molar-refractivity contribution in [2.45, 2.75) is 66.2 Å². The van der Waals surface area contributed by atoms with E-state index in [4.69, 9.17) is 11.6 Å². The molecule has 3 aromatic rings. The lowest BCUT2D eigenvalue weighted by Crippen LogP contribution is -3.00. The maximum Gasteiger partial charge on any atom is 0.238 e. The first kappa shape index (κ1) is 23.9. The van der Waals surface area contributed by atoms with Crippen molar-refractivity contribution >= 4 is 22.9 Å². The van der Waals surface area contributed by atoms with Crippen LogP contribution in [0.1, 0.15) is 63.2 Å². The summed E-state index contributed by atoms with van der Waals surface area (Å²) in [6, 6.07) is 13.3. The molecule has 0 saturated carbocycles. The summed E-state index contributed by atoms with van der Waals surface area (Å²) in [5.41, 5.74) is 9.73. The second-order valence-corrected chi connectivity index (χ2v) is 11.1. The van der Waals surface area contributed by atoms with E-state index < -0.39 is 0 Å². The number of halogens is 2. The fourth-order valence-corrected chi connectivity index (χ4v) is 4.39. The summed E-state index contributed by atoms with van der Waals surface area (Å²) in [6.45, 7) is 18.0. The first-order valence-corrected chi connectivity index (χ1v) is 11.1. The van der Waals surface area contributed by atoms with E-state index in [1.54, 1.807) is 11.3 Å². The molecule has 1 aromatic heterocycles. The van der Waals surface area contributed by atoms with Crippen LogP contribution in [0, 0.1) is 13.8 Å². The molecule has 1 nitrogen and oxygen atoms in total. The number of para-hydroxylation sites is 1. The van der Waals surface area contributed by atoms with Gasteiger partial charge in [-0.3, -0.25) is 0 Å². The standard InChI is InChI=1S/C25H31ClNS.ClH/c1-16-17(2)28-15-27(16)23-21(10-9-11-22(23)26)18-12-19(24(3,4)5)14-20(13-18)25(6,7)8;/h9-15H,1-8H3;1H/q+1;/p-1. The van der Waals surface area contributed by atoms with Gasteiger partial charge in [-0.15, -0.1) is 0 Å². The van der Waals surface area contributed by atoms with E-state index >= 15 is 0 Å². The fourth-order valence-electron chi connectivity index (χ4n) is 3.33. The molecule has 0 amide bonds. The quantitative estimate of drug-likeness (QED) is 0.506. The molecule has 0 N–H and O–H groups in total. The van der Waals surface area contributed by atoms with Crippen LogP contribution in [-0.4, -0.2) is 0 Å². The summed E-state index contributed by atoms with van der Waals surface area (Å²) >= 11 is 8.50. The first-order chi connectivity index (χ1) is 12.9. The van der Waals surface area contributed by atoms with Crippen molar-refractivity contribution in [3.63, 3.8) is 0 Å². The van der Waals surface area contributed by atoms with Gasteiger partial charge in [-0.2, -0.15) is 4.57 Å². The van der Waals surface area contributed by atoms with Gasteiger partial charge in [-0.1, -0.05) is 88.7 Å². The van der Waals surface area contributed by atoms with Crippen molar-refractivity contribution < 1.29 is 17.0 Å². The van der Waals surface area contributed by atoms with E-state index in [0.29, 0.717) is 0 Å². The lowest BCUT2D eigenvalue weighted by Gasteiger charge is -2.26. The van der Waals surface area contributed by atoms with Crippen molar-refractivity contribution in [2.75, 3.05) is 0 Å². The fraction of sp³-hybridized carbons (Fsp3) is 0.400. The molecule has 0 bridgehead atoms. The summed E-state index contributed by atoms with van der Waals surface area (Å²) < 4.78 is 2.23. The topological polar surface area (TPSA) is 3.88 Å². The molecule has 1 heterocycles. The third-order valence-corrected chi connectivity index (χ3v) is 6.68. The highest BCUT2D eigenvalue weighted by Crippen LogP contribution is 2.37. The predicted molar refractivity (Wildman–Crippen MR) is 123 cm³/mol. The summed E-state index contributed by atoms with van der Waals surface area (Å²) in [7, 11) is 0. The number of hydrogen-bond acceptors (Lipinski definition) is 1. The summed E-state index contributed by atoms with van der Waals surface area (Å²) in [6.07, 6.45) is 0.